The number of carboxylic acids is 1. The monoisotopic (exact) mass is 210 g/mol. The van der Waals surface area contributed by atoms with Crippen LogP contribution < -0.4 is 0 Å². The maximum Gasteiger partial charge on any atom is 0.340 e. The molecule has 0 saturated carbocycles. The normalized spacial score (nSPS) is 9.33. The summed E-state index contributed by atoms with van der Waals surface area (Å²) in [6.07, 6.45) is 0. The first-order valence-electron chi connectivity index (χ1n) is 3.58. The lowest BCUT2D eigenvalue weighted by Crippen LogP contribution is -2.05. The molecule has 0 aliphatic heterocycles. The van der Waals surface area contributed by atoms with E-state index in [4.69, 9.17) is 10.4 Å². The summed E-state index contributed by atoms with van der Waals surface area (Å²) in [4.78, 5) is 19.9. The Morgan fingerprint density at radius 3 is 2.60 bits per heavy atom. The smallest absolute Gasteiger partial charge is 0.340 e. The van der Waals surface area contributed by atoms with Gasteiger partial charge in [0.05, 0.1) is 16.6 Å². The molecule has 0 amide bonds. The third kappa shape index (κ3) is 1.88. The highest BCUT2D eigenvalue weighted by atomic mass is 19.1. The topological polar surface area (TPSA) is 104 Å². The minimum Gasteiger partial charge on any atom is -0.478 e. The molecule has 0 atom stereocenters. The van der Waals surface area contributed by atoms with Crippen LogP contribution in [-0.2, 0) is 0 Å². The van der Waals surface area contributed by atoms with Crippen molar-refractivity contribution in [1.82, 2.24) is 0 Å². The van der Waals surface area contributed by atoms with E-state index < -0.39 is 33.5 Å². The number of non-ortho nitro benzene ring substituents is 1. The number of carboxylic acid groups (broad SMARTS) is 1. The summed E-state index contributed by atoms with van der Waals surface area (Å²) in [5.74, 6) is -2.94. The molecule has 15 heavy (non-hydrogen) atoms. The molecule has 7 heteroatoms. The number of nitriles is 1. The Morgan fingerprint density at radius 2 is 2.20 bits per heavy atom. The zero-order valence-electron chi connectivity index (χ0n) is 7.10. The van der Waals surface area contributed by atoms with Crippen LogP contribution in [0, 0.1) is 27.3 Å². The van der Waals surface area contributed by atoms with Gasteiger partial charge in [-0.1, -0.05) is 0 Å². The molecule has 0 aromatic heterocycles. The fourth-order valence-electron chi connectivity index (χ4n) is 1.00. The first-order valence-corrected chi connectivity index (χ1v) is 3.58. The van der Waals surface area contributed by atoms with Gasteiger partial charge in [0.15, 0.2) is 0 Å². The van der Waals surface area contributed by atoms with Gasteiger partial charge in [-0.25, -0.2) is 9.18 Å². The van der Waals surface area contributed by atoms with E-state index in [1.807, 2.05) is 0 Å². The molecule has 0 bridgehead atoms. The Labute approximate surface area is 82.3 Å². The Morgan fingerprint density at radius 1 is 1.60 bits per heavy atom. The van der Waals surface area contributed by atoms with E-state index in [1.54, 1.807) is 0 Å². The first kappa shape index (κ1) is 10.6. The largest absolute Gasteiger partial charge is 0.478 e. The van der Waals surface area contributed by atoms with Gasteiger partial charge in [0.25, 0.3) is 5.69 Å². The van der Waals surface area contributed by atoms with E-state index in [-0.39, 0.29) is 0 Å². The van der Waals surface area contributed by atoms with Gasteiger partial charge < -0.3 is 5.11 Å². The number of aromatic carboxylic acids is 1. The fourth-order valence-corrected chi connectivity index (χ4v) is 1.00. The van der Waals surface area contributed by atoms with E-state index in [0.717, 1.165) is 0 Å². The van der Waals surface area contributed by atoms with E-state index in [2.05, 4.69) is 0 Å². The van der Waals surface area contributed by atoms with Crippen LogP contribution in [0.3, 0.4) is 0 Å². The summed E-state index contributed by atoms with van der Waals surface area (Å²) in [5, 5.41) is 27.3. The molecule has 0 fully saturated rings. The minimum absolute atomic E-state index is 0.463. The molecule has 0 spiro atoms. The van der Waals surface area contributed by atoms with Crippen LogP contribution >= 0.6 is 0 Å². The van der Waals surface area contributed by atoms with Crippen molar-refractivity contribution in [2.24, 2.45) is 0 Å². The fraction of sp³-hybridized carbons (Fsp3) is 0. The molecule has 1 aromatic carbocycles. The van der Waals surface area contributed by atoms with Crippen molar-refractivity contribution in [3.63, 3.8) is 0 Å². The summed E-state index contributed by atoms with van der Waals surface area (Å²) in [7, 11) is 0. The molecule has 1 aromatic rings. The Balaban J connectivity index is 3.53. The van der Waals surface area contributed by atoms with Crippen LogP contribution in [0.2, 0.25) is 0 Å². The molecule has 0 saturated heterocycles. The molecule has 6 nitrogen and oxygen atoms in total. The van der Waals surface area contributed by atoms with Gasteiger partial charge in [-0.15, -0.1) is 0 Å². The van der Waals surface area contributed by atoms with Crippen molar-refractivity contribution in [1.29, 1.82) is 5.26 Å². The average Bonchev–Trinajstić information content (AvgIpc) is 2.15. The third-order valence-electron chi connectivity index (χ3n) is 1.62. The maximum absolute atomic E-state index is 13.1. The van der Waals surface area contributed by atoms with Gasteiger partial charge in [0.1, 0.15) is 17.4 Å². The Kier molecular flexibility index (Phi) is 2.62. The van der Waals surface area contributed by atoms with Crippen LogP contribution in [0.5, 0.6) is 0 Å². The van der Waals surface area contributed by atoms with Gasteiger partial charge in [0, 0.05) is 6.07 Å². The predicted molar refractivity (Wildman–Crippen MR) is 44.7 cm³/mol. The molecule has 76 valence electrons. The third-order valence-corrected chi connectivity index (χ3v) is 1.62. The van der Waals surface area contributed by atoms with Gasteiger partial charge in [-0.3, -0.25) is 10.1 Å². The molecule has 0 aliphatic carbocycles. The van der Waals surface area contributed by atoms with Gasteiger partial charge >= 0.3 is 5.97 Å². The van der Waals surface area contributed by atoms with E-state index in [1.165, 1.54) is 6.07 Å². The summed E-state index contributed by atoms with van der Waals surface area (Å²) < 4.78 is 13.1. The van der Waals surface area contributed by atoms with Crippen LogP contribution in [0.25, 0.3) is 0 Å². The molecule has 0 unspecified atom stereocenters. The lowest BCUT2D eigenvalue weighted by Gasteiger charge is -1.99. The first-order chi connectivity index (χ1) is 6.97. The predicted octanol–water partition coefficient (Wildman–Crippen LogP) is 1.30. The minimum atomic E-state index is -1.64. The second-order valence-electron chi connectivity index (χ2n) is 2.52. The van der Waals surface area contributed by atoms with E-state index in [9.17, 15) is 19.3 Å². The molecule has 0 radical (unpaired) electrons. The highest BCUT2D eigenvalue weighted by molar-refractivity contribution is 5.91. The van der Waals surface area contributed by atoms with Crippen molar-refractivity contribution in [3.05, 3.63) is 39.2 Å². The Bertz CT molecular complexity index is 492. The molecule has 1 N–H and O–H groups in total. The summed E-state index contributed by atoms with van der Waals surface area (Å²) in [5.41, 5.74) is -2.09. The van der Waals surface area contributed by atoms with Gasteiger partial charge in [-0.05, 0) is 0 Å². The van der Waals surface area contributed by atoms with Crippen LogP contribution in [0.15, 0.2) is 12.1 Å². The van der Waals surface area contributed by atoms with Crippen LogP contribution in [0.4, 0.5) is 10.1 Å². The van der Waals surface area contributed by atoms with Crippen molar-refractivity contribution in [3.8, 4) is 6.07 Å². The van der Waals surface area contributed by atoms with Crippen molar-refractivity contribution < 1.29 is 19.2 Å². The second-order valence-corrected chi connectivity index (χ2v) is 2.52. The van der Waals surface area contributed by atoms with E-state index >= 15 is 0 Å². The molecular formula is C8H3FN2O4. The highest BCUT2D eigenvalue weighted by Crippen LogP contribution is 2.21. The zero-order chi connectivity index (χ0) is 11.6. The number of nitro groups is 1. The number of carbonyl (C=O) groups is 1. The number of benzene rings is 1. The number of halogens is 1. The molecule has 0 heterocycles. The highest BCUT2D eigenvalue weighted by Gasteiger charge is 2.21. The second kappa shape index (κ2) is 3.71. The average molecular weight is 210 g/mol. The van der Waals surface area contributed by atoms with Gasteiger partial charge in [-0.2, -0.15) is 5.26 Å². The standard InChI is InChI=1S/C8H3FN2O4/c9-6-2-5(11(14)15)1-4(3-10)7(6)8(12)13/h1-2H,(H,12,13). The summed E-state index contributed by atoms with van der Waals surface area (Å²) >= 11 is 0. The molecular weight excluding hydrogens is 207 g/mol. The lowest BCUT2D eigenvalue weighted by molar-refractivity contribution is -0.385. The summed E-state index contributed by atoms with van der Waals surface area (Å²) in [6, 6.07) is 2.57. The number of nitro benzene ring substituents is 1. The zero-order valence-corrected chi connectivity index (χ0v) is 7.10. The molecule has 1 rings (SSSR count). The maximum atomic E-state index is 13.1. The summed E-state index contributed by atoms with van der Waals surface area (Å²) in [6.45, 7) is 0. The quantitative estimate of drug-likeness (QED) is 0.585. The Hall–Kier alpha value is -2.49. The number of hydrogen-bond acceptors (Lipinski definition) is 4. The van der Waals surface area contributed by atoms with Crippen LogP contribution in [-0.4, -0.2) is 16.0 Å². The SMILES string of the molecule is N#Cc1cc([N+](=O)[O-])cc(F)c1C(=O)O. The van der Waals surface area contributed by atoms with Gasteiger partial charge in [0.2, 0.25) is 0 Å². The number of hydrogen-bond donors (Lipinski definition) is 1. The number of nitrogens with zero attached hydrogens (tertiary/aromatic N) is 2. The van der Waals surface area contributed by atoms with Crippen LogP contribution in [0.1, 0.15) is 15.9 Å². The molecule has 0 aliphatic rings. The lowest BCUT2D eigenvalue weighted by atomic mass is 10.1. The number of rotatable bonds is 2. The van der Waals surface area contributed by atoms with Crippen molar-refractivity contribution in [2.75, 3.05) is 0 Å². The van der Waals surface area contributed by atoms with Crippen molar-refractivity contribution >= 4 is 11.7 Å². The van der Waals surface area contributed by atoms with E-state index in [0.29, 0.717) is 12.1 Å². The van der Waals surface area contributed by atoms with Crippen molar-refractivity contribution in [2.45, 2.75) is 0 Å².